The van der Waals surface area contributed by atoms with Crippen LogP contribution in [0.4, 0.5) is 5.69 Å². The van der Waals surface area contributed by atoms with E-state index < -0.39 is 5.97 Å². The monoisotopic (exact) mass is 241 g/mol. The normalized spacial score (nSPS) is 12.2. The van der Waals surface area contributed by atoms with Crippen LogP contribution < -0.4 is 5.32 Å². The molecule has 0 saturated heterocycles. The smallest absolute Gasteiger partial charge is 0.335 e. The van der Waals surface area contributed by atoms with Crippen LogP contribution in [0, 0.1) is 0 Å². The van der Waals surface area contributed by atoms with Crippen LogP contribution in [0.15, 0.2) is 18.2 Å². The third-order valence-electron chi connectivity index (χ3n) is 2.34. The zero-order valence-corrected chi connectivity index (χ0v) is 10.2. The van der Waals surface area contributed by atoms with Gasteiger partial charge in [-0.25, -0.2) is 4.79 Å². The molecule has 0 aliphatic carbocycles. The van der Waals surface area contributed by atoms with E-state index in [1.54, 1.807) is 12.1 Å². The first kappa shape index (κ1) is 12.8. The lowest BCUT2D eigenvalue weighted by atomic mass is 10.1. The van der Waals surface area contributed by atoms with Gasteiger partial charge >= 0.3 is 5.97 Å². The number of carboxylic acids is 1. The highest BCUT2D eigenvalue weighted by atomic mass is 35.5. The minimum absolute atomic E-state index is 0.207. The number of halogens is 1. The second-order valence-corrected chi connectivity index (χ2v) is 4.24. The summed E-state index contributed by atoms with van der Waals surface area (Å²) in [6.07, 6.45) is 2.15. The third-order valence-corrected chi connectivity index (χ3v) is 2.65. The minimum atomic E-state index is -0.963. The Hall–Kier alpha value is -1.22. The zero-order valence-electron chi connectivity index (χ0n) is 9.46. The second kappa shape index (κ2) is 5.75. The molecule has 0 aliphatic heterocycles. The Labute approximate surface area is 100 Å². The maximum absolute atomic E-state index is 10.7. The maximum atomic E-state index is 10.7. The van der Waals surface area contributed by atoms with E-state index in [1.807, 2.05) is 0 Å². The van der Waals surface area contributed by atoms with Gasteiger partial charge in [-0.2, -0.15) is 0 Å². The fraction of sp³-hybridized carbons (Fsp3) is 0.417. The molecule has 0 bridgehead atoms. The Morgan fingerprint density at radius 2 is 2.25 bits per heavy atom. The predicted octanol–water partition coefficient (Wildman–Crippen LogP) is 3.64. The number of carbonyl (C=O) groups is 1. The van der Waals surface area contributed by atoms with E-state index in [1.165, 1.54) is 6.07 Å². The molecular formula is C12H16ClNO2. The standard InChI is InChI=1S/C12H16ClNO2/c1-3-4-8(2)14-11-6-5-9(12(15)16)7-10(11)13/h5-8,14H,3-4H2,1-2H3,(H,15,16). The molecular weight excluding hydrogens is 226 g/mol. The summed E-state index contributed by atoms with van der Waals surface area (Å²) in [5.41, 5.74) is 0.992. The fourth-order valence-electron chi connectivity index (χ4n) is 1.54. The van der Waals surface area contributed by atoms with Crippen molar-refractivity contribution in [2.45, 2.75) is 32.7 Å². The van der Waals surface area contributed by atoms with Crippen molar-refractivity contribution < 1.29 is 9.90 Å². The number of aromatic carboxylic acids is 1. The number of nitrogens with one attached hydrogen (secondary N) is 1. The molecule has 1 aromatic carbocycles. The SMILES string of the molecule is CCCC(C)Nc1ccc(C(=O)O)cc1Cl. The number of anilines is 1. The molecule has 16 heavy (non-hydrogen) atoms. The molecule has 1 aromatic rings. The Kier molecular flexibility index (Phi) is 4.62. The lowest BCUT2D eigenvalue weighted by molar-refractivity contribution is 0.0697. The molecule has 0 amide bonds. The third kappa shape index (κ3) is 3.42. The minimum Gasteiger partial charge on any atom is -0.478 e. The summed E-state index contributed by atoms with van der Waals surface area (Å²) in [6.45, 7) is 4.19. The van der Waals surface area contributed by atoms with Crippen molar-refractivity contribution in [1.82, 2.24) is 0 Å². The van der Waals surface area contributed by atoms with Gasteiger partial charge in [0.05, 0.1) is 16.3 Å². The first-order valence-electron chi connectivity index (χ1n) is 5.34. The second-order valence-electron chi connectivity index (χ2n) is 3.83. The van der Waals surface area contributed by atoms with Gasteiger partial charge in [-0.05, 0) is 31.5 Å². The highest BCUT2D eigenvalue weighted by Crippen LogP contribution is 2.24. The maximum Gasteiger partial charge on any atom is 0.335 e. The fourth-order valence-corrected chi connectivity index (χ4v) is 1.77. The van der Waals surface area contributed by atoms with Crippen LogP contribution in [0.3, 0.4) is 0 Å². The van der Waals surface area contributed by atoms with Gasteiger partial charge in [0.15, 0.2) is 0 Å². The average Bonchev–Trinajstić information content (AvgIpc) is 2.21. The van der Waals surface area contributed by atoms with Gasteiger partial charge in [-0.3, -0.25) is 0 Å². The van der Waals surface area contributed by atoms with Crippen LogP contribution in [0.2, 0.25) is 5.02 Å². The van der Waals surface area contributed by atoms with Crippen molar-refractivity contribution in [3.8, 4) is 0 Å². The molecule has 0 aromatic heterocycles. The van der Waals surface area contributed by atoms with Gasteiger partial charge in [0.2, 0.25) is 0 Å². The van der Waals surface area contributed by atoms with Gasteiger partial charge < -0.3 is 10.4 Å². The summed E-state index contributed by atoms with van der Waals surface area (Å²) in [5.74, 6) is -0.963. The van der Waals surface area contributed by atoms with E-state index in [0.29, 0.717) is 11.1 Å². The summed E-state index contributed by atoms with van der Waals surface area (Å²) in [7, 11) is 0. The largest absolute Gasteiger partial charge is 0.478 e. The van der Waals surface area contributed by atoms with Crippen LogP contribution in [-0.2, 0) is 0 Å². The van der Waals surface area contributed by atoms with Crippen LogP contribution >= 0.6 is 11.6 Å². The Morgan fingerprint density at radius 3 is 2.75 bits per heavy atom. The van der Waals surface area contributed by atoms with Crippen LogP contribution in [0.25, 0.3) is 0 Å². The Balaban J connectivity index is 2.79. The Bertz CT molecular complexity index is 379. The van der Waals surface area contributed by atoms with Crippen molar-refractivity contribution in [2.24, 2.45) is 0 Å². The van der Waals surface area contributed by atoms with Crippen molar-refractivity contribution in [3.05, 3.63) is 28.8 Å². The van der Waals surface area contributed by atoms with E-state index in [4.69, 9.17) is 16.7 Å². The first-order chi connectivity index (χ1) is 7.54. The van der Waals surface area contributed by atoms with Gasteiger partial charge in [-0.15, -0.1) is 0 Å². The molecule has 0 saturated carbocycles. The van der Waals surface area contributed by atoms with Crippen LogP contribution in [0.5, 0.6) is 0 Å². The number of rotatable bonds is 5. The van der Waals surface area contributed by atoms with Crippen molar-refractivity contribution in [1.29, 1.82) is 0 Å². The van der Waals surface area contributed by atoms with E-state index in [9.17, 15) is 4.79 Å². The first-order valence-corrected chi connectivity index (χ1v) is 5.71. The van der Waals surface area contributed by atoms with Gasteiger partial charge in [0, 0.05) is 6.04 Å². The molecule has 88 valence electrons. The van der Waals surface area contributed by atoms with Gasteiger partial charge in [0.1, 0.15) is 0 Å². The molecule has 0 spiro atoms. The molecule has 0 aliphatic rings. The van der Waals surface area contributed by atoms with E-state index in [-0.39, 0.29) is 5.56 Å². The summed E-state index contributed by atoms with van der Waals surface area (Å²) in [5, 5.41) is 12.5. The number of hydrogen-bond acceptors (Lipinski definition) is 2. The summed E-state index contributed by atoms with van der Waals surface area (Å²) < 4.78 is 0. The molecule has 0 heterocycles. The zero-order chi connectivity index (χ0) is 12.1. The number of carboxylic acid groups (broad SMARTS) is 1. The topological polar surface area (TPSA) is 49.3 Å². The van der Waals surface area contributed by atoms with E-state index >= 15 is 0 Å². The van der Waals surface area contributed by atoms with Crippen LogP contribution in [-0.4, -0.2) is 17.1 Å². The molecule has 1 rings (SSSR count). The number of benzene rings is 1. The summed E-state index contributed by atoms with van der Waals surface area (Å²) in [4.78, 5) is 10.7. The van der Waals surface area contributed by atoms with Crippen molar-refractivity contribution in [2.75, 3.05) is 5.32 Å². The summed E-state index contributed by atoms with van der Waals surface area (Å²) >= 11 is 5.99. The predicted molar refractivity (Wildman–Crippen MR) is 66.4 cm³/mol. The number of hydrogen-bond donors (Lipinski definition) is 2. The highest BCUT2D eigenvalue weighted by Gasteiger charge is 2.08. The molecule has 2 N–H and O–H groups in total. The quantitative estimate of drug-likeness (QED) is 0.828. The van der Waals surface area contributed by atoms with Gasteiger partial charge in [0.25, 0.3) is 0 Å². The van der Waals surface area contributed by atoms with Gasteiger partial charge in [-0.1, -0.05) is 24.9 Å². The highest BCUT2D eigenvalue weighted by molar-refractivity contribution is 6.33. The van der Waals surface area contributed by atoms with Crippen molar-refractivity contribution >= 4 is 23.3 Å². The molecule has 0 fully saturated rings. The van der Waals surface area contributed by atoms with E-state index in [0.717, 1.165) is 18.5 Å². The lowest BCUT2D eigenvalue weighted by Crippen LogP contribution is -2.14. The molecule has 4 heteroatoms. The van der Waals surface area contributed by atoms with E-state index in [2.05, 4.69) is 19.2 Å². The molecule has 0 radical (unpaired) electrons. The lowest BCUT2D eigenvalue weighted by Gasteiger charge is -2.15. The molecule has 3 nitrogen and oxygen atoms in total. The average molecular weight is 242 g/mol. The van der Waals surface area contributed by atoms with Crippen LogP contribution in [0.1, 0.15) is 37.0 Å². The molecule has 1 unspecified atom stereocenters. The summed E-state index contributed by atoms with van der Waals surface area (Å²) in [6, 6.07) is 5.05. The van der Waals surface area contributed by atoms with Crippen molar-refractivity contribution in [3.63, 3.8) is 0 Å². The Morgan fingerprint density at radius 1 is 1.56 bits per heavy atom. The molecule has 1 atom stereocenters.